The zero-order valence-electron chi connectivity index (χ0n) is 10.9. The molecular weight excluding hydrogens is 277 g/mol. The first-order valence-electron chi connectivity index (χ1n) is 6.04. The Labute approximate surface area is 119 Å². The van der Waals surface area contributed by atoms with Crippen molar-refractivity contribution in [3.05, 3.63) is 65.7 Å². The van der Waals surface area contributed by atoms with E-state index in [1.54, 1.807) is 22.9 Å². The van der Waals surface area contributed by atoms with Crippen LogP contribution in [0.25, 0.3) is 5.76 Å². The van der Waals surface area contributed by atoms with E-state index in [9.17, 15) is 19.1 Å². The van der Waals surface area contributed by atoms with Crippen molar-refractivity contribution in [2.75, 3.05) is 0 Å². The van der Waals surface area contributed by atoms with E-state index < -0.39 is 17.5 Å². The Morgan fingerprint density at radius 1 is 1.24 bits per heavy atom. The Kier molecular flexibility index (Phi) is 4.18. The van der Waals surface area contributed by atoms with Gasteiger partial charge in [-0.2, -0.15) is 0 Å². The van der Waals surface area contributed by atoms with Crippen molar-refractivity contribution in [3.8, 4) is 0 Å². The van der Waals surface area contributed by atoms with Crippen LogP contribution in [0.15, 0.2) is 48.8 Å². The SMILES string of the molecule is O=C(O)C(=O)C=C(O)c1ccn(Cc2cccc(F)c2)c1. The Hall–Kier alpha value is -2.89. The van der Waals surface area contributed by atoms with Crippen LogP contribution >= 0.6 is 0 Å². The second-order valence-electron chi connectivity index (χ2n) is 4.40. The number of carboxylic acids is 1. The lowest BCUT2D eigenvalue weighted by atomic mass is 10.2. The highest BCUT2D eigenvalue weighted by Crippen LogP contribution is 2.14. The van der Waals surface area contributed by atoms with E-state index in [0.717, 1.165) is 5.56 Å². The third kappa shape index (κ3) is 3.79. The molecule has 2 N–H and O–H groups in total. The number of hydrogen-bond acceptors (Lipinski definition) is 3. The largest absolute Gasteiger partial charge is 0.507 e. The number of carbonyl (C=O) groups excluding carboxylic acids is 1. The molecule has 2 aromatic rings. The summed E-state index contributed by atoms with van der Waals surface area (Å²) in [5, 5.41) is 18.1. The minimum Gasteiger partial charge on any atom is -0.507 e. The van der Waals surface area contributed by atoms with Gasteiger partial charge in [0.15, 0.2) is 0 Å². The van der Waals surface area contributed by atoms with Gasteiger partial charge in [-0.05, 0) is 23.8 Å². The second kappa shape index (κ2) is 6.04. The molecule has 0 fully saturated rings. The lowest BCUT2D eigenvalue weighted by Gasteiger charge is -2.03. The van der Waals surface area contributed by atoms with Gasteiger partial charge < -0.3 is 14.8 Å². The minimum absolute atomic E-state index is 0.306. The molecule has 21 heavy (non-hydrogen) atoms. The maximum Gasteiger partial charge on any atom is 0.376 e. The number of aliphatic hydroxyl groups excluding tert-OH is 1. The number of carboxylic acid groups (broad SMARTS) is 1. The molecular formula is C15H12FNO4. The molecule has 5 nitrogen and oxygen atoms in total. The number of hydrogen-bond donors (Lipinski definition) is 2. The zero-order valence-corrected chi connectivity index (χ0v) is 10.9. The number of carbonyl (C=O) groups is 2. The van der Waals surface area contributed by atoms with E-state index in [-0.39, 0.29) is 5.82 Å². The number of nitrogens with zero attached hydrogens (tertiary/aromatic N) is 1. The number of aromatic nitrogens is 1. The standard InChI is InChI=1S/C15H12FNO4/c16-12-3-1-2-10(6-12)8-17-5-4-11(9-17)13(18)7-14(19)15(20)21/h1-7,9,18H,8H2,(H,20,21). The third-order valence-corrected chi connectivity index (χ3v) is 2.78. The number of benzene rings is 1. The first-order valence-corrected chi connectivity index (χ1v) is 6.04. The highest BCUT2D eigenvalue weighted by molar-refractivity contribution is 6.38. The van der Waals surface area contributed by atoms with Gasteiger partial charge in [0.1, 0.15) is 11.6 Å². The monoisotopic (exact) mass is 289 g/mol. The zero-order chi connectivity index (χ0) is 15.4. The summed E-state index contributed by atoms with van der Waals surface area (Å²) in [5.41, 5.74) is 1.04. The van der Waals surface area contributed by atoms with Crippen molar-refractivity contribution in [3.63, 3.8) is 0 Å². The van der Waals surface area contributed by atoms with Crippen LogP contribution < -0.4 is 0 Å². The molecule has 2 rings (SSSR count). The Bertz CT molecular complexity index is 718. The maximum atomic E-state index is 13.1. The molecule has 0 saturated carbocycles. The molecule has 0 saturated heterocycles. The second-order valence-corrected chi connectivity index (χ2v) is 4.40. The Morgan fingerprint density at radius 3 is 2.67 bits per heavy atom. The molecule has 0 atom stereocenters. The number of aliphatic hydroxyl groups is 1. The first-order chi connectivity index (χ1) is 9.95. The molecule has 6 heteroatoms. The fraction of sp³-hybridized carbons (Fsp3) is 0.0667. The number of halogens is 1. The van der Waals surface area contributed by atoms with Gasteiger partial charge >= 0.3 is 5.97 Å². The normalized spacial score (nSPS) is 11.4. The van der Waals surface area contributed by atoms with Crippen molar-refractivity contribution in [1.29, 1.82) is 0 Å². The van der Waals surface area contributed by atoms with Crippen molar-refractivity contribution in [1.82, 2.24) is 4.57 Å². The highest BCUT2D eigenvalue weighted by atomic mass is 19.1. The highest BCUT2D eigenvalue weighted by Gasteiger charge is 2.11. The van der Waals surface area contributed by atoms with Gasteiger partial charge in [0.2, 0.25) is 0 Å². The maximum absolute atomic E-state index is 13.1. The van der Waals surface area contributed by atoms with Gasteiger partial charge in [0.05, 0.1) is 0 Å². The van der Waals surface area contributed by atoms with Crippen LogP contribution in [0.3, 0.4) is 0 Å². The van der Waals surface area contributed by atoms with Crippen LogP contribution in [-0.2, 0) is 16.1 Å². The van der Waals surface area contributed by atoms with E-state index in [1.165, 1.54) is 24.4 Å². The fourth-order valence-electron chi connectivity index (χ4n) is 1.81. The molecule has 0 aliphatic heterocycles. The third-order valence-electron chi connectivity index (χ3n) is 2.78. The minimum atomic E-state index is -1.64. The lowest BCUT2D eigenvalue weighted by molar-refractivity contribution is -0.146. The van der Waals surface area contributed by atoms with Crippen molar-refractivity contribution < 1.29 is 24.2 Å². The number of rotatable bonds is 5. The molecule has 0 amide bonds. The van der Waals surface area contributed by atoms with Crippen LogP contribution in [0.1, 0.15) is 11.1 Å². The van der Waals surface area contributed by atoms with Crippen molar-refractivity contribution in [2.45, 2.75) is 6.54 Å². The van der Waals surface area contributed by atoms with E-state index in [1.807, 2.05) is 0 Å². The summed E-state index contributed by atoms with van der Waals surface area (Å²) in [4.78, 5) is 21.4. The molecule has 0 spiro atoms. The van der Waals surface area contributed by atoms with Gasteiger partial charge in [-0.25, -0.2) is 9.18 Å². The smallest absolute Gasteiger partial charge is 0.376 e. The van der Waals surface area contributed by atoms with E-state index in [0.29, 0.717) is 18.2 Å². The van der Waals surface area contributed by atoms with Crippen LogP contribution in [0, 0.1) is 5.82 Å². The Balaban J connectivity index is 2.15. The van der Waals surface area contributed by atoms with Crippen LogP contribution in [-0.4, -0.2) is 26.5 Å². The van der Waals surface area contributed by atoms with Gasteiger partial charge in [-0.15, -0.1) is 0 Å². The van der Waals surface area contributed by atoms with Gasteiger partial charge in [-0.3, -0.25) is 4.79 Å². The summed E-state index contributed by atoms with van der Waals surface area (Å²) in [5.74, 6) is -3.61. The summed E-state index contributed by atoms with van der Waals surface area (Å²) in [7, 11) is 0. The summed E-state index contributed by atoms with van der Waals surface area (Å²) < 4.78 is 14.8. The predicted octanol–water partition coefficient (Wildman–Crippen LogP) is 2.23. The molecule has 0 aliphatic carbocycles. The van der Waals surface area contributed by atoms with Gasteiger partial charge in [0.25, 0.3) is 5.78 Å². The summed E-state index contributed by atoms with van der Waals surface area (Å²) in [6.45, 7) is 0.387. The molecule has 1 aromatic heterocycles. The fourth-order valence-corrected chi connectivity index (χ4v) is 1.81. The molecule has 1 heterocycles. The molecule has 0 aliphatic rings. The van der Waals surface area contributed by atoms with Crippen LogP contribution in [0.4, 0.5) is 4.39 Å². The van der Waals surface area contributed by atoms with Gasteiger partial charge in [-0.1, -0.05) is 12.1 Å². The number of aliphatic carboxylic acids is 1. The van der Waals surface area contributed by atoms with Crippen molar-refractivity contribution >= 4 is 17.5 Å². The molecule has 0 bridgehead atoms. The molecule has 1 aromatic carbocycles. The van der Waals surface area contributed by atoms with Crippen LogP contribution in [0.5, 0.6) is 0 Å². The average Bonchev–Trinajstić information content (AvgIpc) is 2.87. The summed E-state index contributed by atoms with van der Waals surface area (Å²) in [6, 6.07) is 7.62. The number of ketones is 1. The van der Waals surface area contributed by atoms with E-state index in [2.05, 4.69) is 0 Å². The molecule has 108 valence electrons. The Morgan fingerprint density at radius 2 is 2.00 bits per heavy atom. The van der Waals surface area contributed by atoms with Crippen LogP contribution in [0.2, 0.25) is 0 Å². The summed E-state index contributed by atoms with van der Waals surface area (Å²) >= 11 is 0. The lowest BCUT2D eigenvalue weighted by Crippen LogP contribution is -2.09. The molecule has 0 radical (unpaired) electrons. The molecule has 0 unspecified atom stereocenters. The van der Waals surface area contributed by atoms with Crippen molar-refractivity contribution in [2.24, 2.45) is 0 Å². The summed E-state index contributed by atoms with van der Waals surface area (Å²) in [6.07, 6.45) is 3.81. The quantitative estimate of drug-likeness (QED) is 0.502. The van der Waals surface area contributed by atoms with Gasteiger partial charge in [0, 0.05) is 30.6 Å². The first kappa shape index (κ1) is 14.5. The van der Waals surface area contributed by atoms with E-state index >= 15 is 0 Å². The predicted molar refractivity (Wildman–Crippen MR) is 73.2 cm³/mol. The van der Waals surface area contributed by atoms with E-state index in [4.69, 9.17) is 5.11 Å². The average molecular weight is 289 g/mol. The topological polar surface area (TPSA) is 79.5 Å².